The predicted molar refractivity (Wildman–Crippen MR) is 126 cm³/mol. The Morgan fingerprint density at radius 2 is 1.25 bits per heavy atom. The largest absolute Gasteiger partial charge is 0.493 e. The molecule has 6 heteroatoms. The van der Waals surface area contributed by atoms with Crippen LogP contribution in [-0.2, 0) is 0 Å². The van der Waals surface area contributed by atoms with Gasteiger partial charge in [0.15, 0.2) is 11.6 Å². The molecule has 1 aromatic carbocycles. The fraction of sp³-hybridized carbons (Fsp3) is 0.615. The third kappa shape index (κ3) is 10.4. The van der Waals surface area contributed by atoms with E-state index in [2.05, 4.69) is 23.8 Å². The smallest absolute Gasteiger partial charge is 0.159 e. The molecule has 178 valence electrons. The summed E-state index contributed by atoms with van der Waals surface area (Å²) >= 11 is 0. The van der Waals surface area contributed by atoms with Crippen LogP contribution in [0.3, 0.4) is 0 Å². The SMILES string of the molecule is CCCCCC[C@@H](F)CCOc1cnc(-c2ccc(OCC[C@H](F)CCCC)cc2)nc1. The van der Waals surface area contributed by atoms with Crippen molar-refractivity contribution in [3.63, 3.8) is 0 Å². The summed E-state index contributed by atoms with van der Waals surface area (Å²) in [5.41, 5.74) is 0.853. The van der Waals surface area contributed by atoms with E-state index >= 15 is 0 Å². The number of unbranched alkanes of at least 4 members (excludes halogenated alkanes) is 4. The molecule has 0 fully saturated rings. The number of alkyl halides is 2. The Balaban J connectivity index is 1.70. The number of hydrogen-bond acceptors (Lipinski definition) is 4. The van der Waals surface area contributed by atoms with Crippen molar-refractivity contribution in [3.05, 3.63) is 36.7 Å². The molecule has 2 aromatic rings. The van der Waals surface area contributed by atoms with Gasteiger partial charge in [-0.1, -0.05) is 52.4 Å². The quantitative estimate of drug-likeness (QED) is 0.235. The second kappa shape index (κ2) is 15.5. The van der Waals surface area contributed by atoms with Crippen LogP contribution in [0.4, 0.5) is 8.78 Å². The van der Waals surface area contributed by atoms with Crippen molar-refractivity contribution in [1.29, 1.82) is 0 Å². The van der Waals surface area contributed by atoms with E-state index in [1.54, 1.807) is 12.4 Å². The lowest BCUT2D eigenvalue weighted by Gasteiger charge is -2.10. The third-order valence-electron chi connectivity index (χ3n) is 5.38. The van der Waals surface area contributed by atoms with E-state index in [0.717, 1.165) is 37.7 Å². The van der Waals surface area contributed by atoms with Gasteiger partial charge < -0.3 is 9.47 Å². The van der Waals surface area contributed by atoms with Gasteiger partial charge in [0, 0.05) is 18.4 Å². The minimum Gasteiger partial charge on any atom is -0.493 e. The summed E-state index contributed by atoms with van der Waals surface area (Å²) in [7, 11) is 0. The fourth-order valence-corrected chi connectivity index (χ4v) is 3.36. The van der Waals surface area contributed by atoms with Gasteiger partial charge >= 0.3 is 0 Å². The second-order valence-corrected chi connectivity index (χ2v) is 8.23. The molecule has 0 amide bonds. The molecule has 0 spiro atoms. The molecule has 0 radical (unpaired) electrons. The summed E-state index contributed by atoms with van der Waals surface area (Å²) in [4.78, 5) is 8.68. The Morgan fingerprint density at radius 1 is 0.688 bits per heavy atom. The van der Waals surface area contributed by atoms with Gasteiger partial charge in [-0.3, -0.25) is 0 Å². The van der Waals surface area contributed by atoms with E-state index in [1.807, 2.05) is 24.3 Å². The van der Waals surface area contributed by atoms with Crippen molar-refractivity contribution in [2.45, 2.75) is 90.4 Å². The standard InChI is InChI=1S/C26H38F2N2O2/c1-3-5-7-8-10-23(28)16-18-32-25-19-29-26(30-20-25)21-11-13-24(14-12-21)31-17-15-22(27)9-6-4-2/h11-14,19-20,22-23H,3-10,15-18H2,1-2H3/t22-,23-/m1/s1. The molecule has 0 saturated heterocycles. The molecular formula is C26H38F2N2O2. The third-order valence-corrected chi connectivity index (χ3v) is 5.38. The highest BCUT2D eigenvalue weighted by Crippen LogP contribution is 2.21. The molecule has 1 heterocycles. The van der Waals surface area contributed by atoms with Crippen LogP contribution in [0.5, 0.6) is 11.5 Å². The van der Waals surface area contributed by atoms with Crippen molar-refractivity contribution in [1.82, 2.24) is 9.97 Å². The zero-order valence-electron chi connectivity index (χ0n) is 19.6. The molecule has 0 aliphatic heterocycles. The molecule has 4 nitrogen and oxygen atoms in total. The summed E-state index contributed by atoms with van der Waals surface area (Å²) in [6.07, 6.45) is 9.88. The second-order valence-electron chi connectivity index (χ2n) is 8.23. The maximum atomic E-state index is 13.9. The summed E-state index contributed by atoms with van der Waals surface area (Å²) < 4.78 is 38.8. The molecule has 0 aliphatic carbocycles. The van der Waals surface area contributed by atoms with Gasteiger partial charge in [-0.25, -0.2) is 18.7 Å². The summed E-state index contributed by atoms with van der Waals surface area (Å²) in [6, 6.07) is 7.43. The summed E-state index contributed by atoms with van der Waals surface area (Å²) in [5.74, 6) is 1.81. The first-order valence-electron chi connectivity index (χ1n) is 12.1. The van der Waals surface area contributed by atoms with Crippen molar-refractivity contribution >= 4 is 0 Å². The van der Waals surface area contributed by atoms with E-state index in [4.69, 9.17) is 9.47 Å². The Labute approximate surface area is 191 Å². The number of halogens is 2. The molecule has 2 atom stereocenters. The van der Waals surface area contributed by atoms with Gasteiger partial charge in [-0.2, -0.15) is 0 Å². The van der Waals surface area contributed by atoms with Gasteiger partial charge in [0.2, 0.25) is 0 Å². The van der Waals surface area contributed by atoms with Crippen LogP contribution >= 0.6 is 0 Å². The highest BCUT2D eigenvalue weighted by Gasteiger charge is 2.09. The topological polar surface area (TPSA) is 44.2 Å². The van der Waals surface area contributed by atoms with Crippen LogP contribution < -0.4 is 9.47 Å². The van der Waals surface area contributed by atoms with Gasteiger partial charge in [0.05, 0.1) is 25.6 Å². The molecule has 32 heavy (non-hydrogen) atoms. The maximum Gasteiger partial charge on any atom is 0.159 e. The molecule has 0 saturated carbocycles. The molecular weight excluding hydrogens is 410 g/mol. The minimum atomic E-state index is -0.820. The summed E-state index contributed by atoms with van der Waals surface area (Å²) in [6.45, 7) is 4.90. The number of ether oxygens (including phenoxy) is 2. The van der Waals surface area contributed by atoms with Crippen LogP contribution in [0.15, 0.2) is 36.7 Å². The van der Waals surface area contributed by atoms with E-state index in [1.165, 1.54) is 6.42 Å². The average Bonchev–Trinajstić information content (AvgIpc) is 2.81. The van der Waals surface area contributed by atoms with Crippen LogP contribution in [0.1, 0.15) is 78.1 Å². The van der Waals surface area contributed by atoms with Crippen molar-refractivity contribution in [3.8, 4) is 22.9 Å². The maximum absolute atomic E-state index is 13.9. The van der Waals surface area contributed by atoms with Gasteiger partial charge in [0.1, 0.15) is 18.1 Å². The lowest BCUT2D eigenvalue weighted by Crippen LogP contribution is -2.08. The number of rotatable bonds is 17. The van der Waals surface area contributed by atoms with Gasteiger partial charge in [-0.15, -0.1) is 0 Å². The minimum absolute atomic E-state index is 0.321. The zero-order valence-corrected chi connectivity index (χ0v) is 19.6. The molecule has 0 N–H and O–H groups in total. The Kier molecular flexibility index (Phi) is 12.6. The Hall–Kier alpha value is -2.24. The molecule has 1 aromatic heterocycles. The van der Waals surface area contributed by atoms with E-state index in [-0.39, 0.29) is 0 Å². The summed E-state index contributed by atoms with van der Waals surface area (Å²) in [5, 5.41) is 0. The number of aromatic nitrogens is 2. The fourth-order valence-electron chi connectivity index (χ4n) is 3.36. The van der Waals surface area contributed by atoms with Crippen molar-refractivity contribution in [2.24, 2.45) is 0 Å². The van der Waals surface area contributed by atoms with E-state index in [9.17, 15) is 8.78 Å². The van der Waals surface area contributed by atoms with Crippen LogP contribution in [0.2, 0.25) is 0 Å². The first kappa shape index (κ1) is 26.0. The lowest BCUT2D eigenvalue weighted by molar-refractivity contribution is 0.221. The highest BCUT2D eigenvalue weighted by molar-refractivity contribution is 5.56. The molecule has 0 aliphatic rings. The number of benzene rings is 1. The van der Waals surface area contributed by atoms with Crippen LogP contribution in [0.25, 0.3) is 11.4 Å². The van der Waals surface area contributed by atoms with Crippen molar-refractivity contribution < 1.29 is 18.3 Å². The number of nitrogens with zero attached hydrogens (tertiary/aromatic N) is 2. The average molecular weight is 449 g/mol. The predicted octanol–water partition coefficient (Wildman–Crippen LogP) is 7.52. The molecule has 0 bridgehead atoms. The van der Waals surface area contributed by atoms with Crippen LogP contribution in [-0.4, -0.2) is 35.5 Å². The Bertz CT molecular complexity index is 726. The lowest BCUT2D eigenvalue weighted by atomic mass is 10.1. The van der Waals surface area contributed by atoms with E-state index in [0.29, 0.717) is 56.2 Å². The zero-order chi connectivity index (χ0) is 23.0. The van der Waals surface area contributed by atoms with Gasteiger partial charge in [0.25, 0.3) is 0 Å². The normalized spacial score (nSPS) is 13.0. The first-order chi connectivity index (χ1) is 15.6. The Morgan fingerprint density at radius 3 is 1.84 bits per heavy atom. The molecule has 2 rings (SSSR count). The first-order valence-corrected chi connectivity index (χ1v) is 12.1. The van der Waals surface area contributed by atoms with Crippen LogP contribution in [0, 0.1) is 0 Å². The monoisotopic (exact) mass is 448 g/mol. The number of hydrogen-bond donors (Lipinski definition) is 0. The van der Waals surface area contributed by atoms with Crippen molar-refractivity contribution in [2.75, 3.05) is 13.2 Å². The van der Waals surface area contributed by atoms with Gasteiger partial charge in [-0.05, 0) is 37.1 Å². The molecule has 0 unspecified atom stereocenters. The highest BCUT2D eigenvalue weighted by atomic mass is 19.1. The van der Waals surface area contributed by atoms with E-state index < -0.39 is 12.3 Å².